The minimum absolute atomic E-state index is 0.0712. The van der Waals surface area contributed by atoms with Crippen LogP contribution in [0, 0.1) is 0 Å². The highest BCUT2D eigenvalue weighted by Crippen LogP contribution is 2.01. The van der Waals surface area contributed by atoms with Gasteiger partial charge in [-0.2, -0.15) is 0 Å². The van der Waals surface area contributed by atoms with E-state index in [2.05, 4.69) is 10.6 Å². The molecule has 7 nitrogen and oxygen atoms in total. The Morgan fingerprint density at radius 3 is 2.32 bits per heavy atom. The van der Waals surface area contributed by atoms with Crippen molar-refractivity contribution in [3.63, 3.8) is 0 Å². The number of nitrogens with one attached hydrogen (secondary N) is 2. The maximum atomic E-state index is 11.9. The predicted octanol–water partition coefficient (Wildman–Crippen LogP) is 0.681. The van der Waals surface area contributed by atoms with Gasteiger partial charge in [0.25, 0.3) is 0 Å². The minimum Gasteiger partial charge on any atom is -0.445 e. The lowest BCUT2D eigenvalue weighted by atomic mass is 10.2. The van der Waals surface area contributed by atoms with Gasteiger partial charge in [0.15, 0.2) is 0 Å². The molecule has 7 heteroatoms. The highest BCUT2D eigenvalue weighted by Gasteiger charge is 2.23. The van der Waals surface area contributed by atoms with Gasteiger partial charge in [-0.25, -0.2) is 4.79 Å². The number of carbonyl (C=O) groups excluding carboxylic acids is 3. The van der Waals surface area contributed by atoms with Crippen molar-refractivity contribution in [1.29, 1.82) is 0 Å². The molecule has 0 aliphatic heterocycles. The van der Waals surface area contributed by atoms with Crippen molar-refractivity contribution in [3.05, 3.63) is 35.9 Å². The molecule has 0 heterocycles. The number of ether oxygens (including phenoxy) is 1. The minimum atomic E-state index is -1.05. The van der Waals surface area contributed by atoms with E-state index in [4.69, 9.17) is 10.5 Å². The molecule has 0 aliphatic carbocycles. The lowest BCUT2D eigenvalue weighted by molar-refractivity contribution is -0.127. The number of benzene rings is 1. The maximum absolute atomic E-state index is 11.9. The highest BCUT2D eigenvalue weighted by atomic mass is 16.5. The molecule has 0 bridgehead atoms. The van der Waals surface area contributed by atoms with Gasteiger partial charge in [0.05, 0.1) is 6.42 Å². The number of primary amides is 1. The Bertz CT molecular complexity index is 517. The third-order valence-electron chi connectivity index (χ3n) is 2.66. The van der Waals surface area contributed by atoms with E-state index in [1.54, 1.807) is 26.0 Å². The van der Waals surface area contributed by atoms with E-state index in [1.807, 2.05) is 18.2 Å². The zero-order chi connectivity index (χ0) is 16.5. The number of nitrogens with two attached hydrogens (primary N) is 1. The Kier molecular flexibility index (Phi) is 6.88. The monoisotopic (exact) mass is 307 g/mol. The van der Waals surface area contributed by atoms with Gasteiger partial charge in [0.1, 0.15) is 12.6 Å². The molecular weight excluding hydrogens is 286 g/mol. The second-order valence-corrected chi connectivity index (χ2v) is 5.09. The Hall–Kier alpha value is -2.57. The molecule has 1 rings (SSSR count). The summed E-state index contributed by atoms with van der Waals surface area (Å²) in [4.78, 5) is 34.7. The molecule has 0 unspecified atom stereocenters. The molecule has 0 spiro atoms. The van der Waals surface area contributed by atoms with Crippen molar-refractivity contribution >= 4 is 17.9 Å². The van der Waals surface area contributed by atoms with Crippen LogP contribution in [0.5, 0.6) is 0 Å². The van der Waals surface area contributed by atoms with Crippen LogP contribution in [0.3, 0.4) is 0 Å². The molecule has 1 aromatic carbocycles. The van der Waals surface area contributed by atoms with Crippen LogP contribution in [0.15, 0.2) is 30.3 Å². The smallest absolute Gasteiger partial charge is 0.408 e. The van der Waals surface area contributed by atoms with Gasteiger partial charge in [0, 0.05) is 6.04 Å². The van der Waals surface area contributed by atoms with Crippen LogP contribution in [-0.2, 0) is 20.9 Å². The summed E-state index contributed by atoms with van der Waals surface area (Å²) in [6.45, 7) is 3.61. The fourth-order valence-electron chi connectivity index (χ4n) is 1.70. The summed E-state index contributed by atoms with van der Waals surface area (Å²) in [7, 11) is 0. The van der Waals surface area contributed by atoms with Gasteiger partial charge in [-0.05, 0) is 19.4 Å². The van der Waals surface area contributed by atoms with Gasteiger partial charge < -0.3 is 21.1 Å². The Morgan fingerprint density at radius 2 is 1.77 bits per heavy atom. The molecule has 0 aromatic heterocycles. The summed E-state index contributed by atoms with van der Waals surface area (Å²) in [5, 5.41) is 4.96. The number of alkyl carbamates (subject to hydrolysis) is 1. The van der Waals surface area contributed by atoms with E-state index in [-0.39, 0.29) is 19.1 Å². The van der Waals surface area contributed by atoms with Crippen molar-refractivity contribution < 1.29 is 19.1 Å². The maximum Gasteiger partial charge on any atom is 0.408 e. The van der Waals surface area contributed by atoms with Crippen LogP contribution in [0.25, 0.3) is 0 Å². The van der Waals surface area contributed by atoms with Gasteiger partial charge in [-0.15, -0.1) is 0 Å². The van der Waals surface area contributed by atoms with Gasteiger partial charge >= 0.3 is 6.09 Å². The van der Waals surface area contributed by atoms with E-state index < -0.39 is 23.9 Å². The SMILES string of the molecule is CC(C)NC(=O)[C@H](CC(N)=O)NC(=O)OCc1ccccc1. The molecule has 0 aliphatic rings. The summed E-state index contributed by atoms with van der Waals surface area (Å²) >= 11 is 0. The summed E-state index contributed by atoms with van der Waals surface area (Å²) < 4.78 is 5.01. The summed E-state index contributed by atoms with van der Waals surface area (Å²) in [5.74, 6) is -1.17. The van der Waals surface area contributed by atoms with Crippen LogP contribution in [0.2, 0.25) is 0 Å². The van der Waals surface area contributed by atoms with Crippen LogP contribution >= 0.6 is 0 Å². The van der Waals surface area contributed by atoms with Crippen LogP contribution in [0.1, 0.15) is 25.8 Å². The van der Waals surface area contributed by atoms with Gasteiger partial charge in [-0.3, -0.25) is 9.59 Å². The van der Waals surface area contributed by atoms with Crippen molar-refractivity contribution in [3.8, 4) is 0 Å². The van der Waals surface area contributed by atoms with Crippen molar-refractivity contribution in [2.75, 3.05) is 0 Å². The number of carbonyl (C=O) groups is 3. The Labute approximate surface area is 129 Å². The lowest BCUT2D eigenvalue weighted by Crippen LogP contribution is -2.50. The molecule has 0 fully saturated rings. The largest absolute Gasteiger partial charge is 0.445 e. The molecule has 120 valence electrons. The van der Waals surface area contributed by atoms with Crippen molar-refractivity contribution in [2.45, 2.75) is 39.0 Å². The first-order valence-corrected chi connectivity index (χ1v) is 6.94. The average molecular weight is 307 g/mol. The predicted molar refractivity (Wildman–Crippen MR) is 80.6 cm³/mol. The first kappa shape index (κ1) is 17.5. The van der Waals surface area contributed by atoms with E-state index in [0.717, 1.165) is 5.56 Å². The Morgan fingerprint density at radius 1 is 1.14 bits per heavy atom. The molecule has 22 heavy (non-hydrogen) atoms. The zero-order valence-electron chi connectivity index (χ0n) is 12.7. The number of rotatable bonds is 7. The topological polar surface area (TPSA) is 111 Å². The molecule has 1 aromatic rings. The molecule has 0 saturated heterocycles. The standard InChI is InChI=1S/C15H21N3O4/c1-10(2)17-14(20)12(8-13(16)19)18-15(21)22-9-11-6-4-3-5-7-11/h3-7,10,12H,8-9H2,1-2H3,(H2,16,19)(H,17,20)(H,18,21)/t12-/m0/s1. The summed E-state index contributed by atoms with van der Waals surface area (Å²) in [6.07, 6.45) is -1.08. The first-order chi connectivity index (χ1) is 10.4. The normalized spacial score (nSPS) is 11.6. The number of hydrogen-bond donors (Lipinski definition) is 3. The van der Waals surface area contributed by atoms with Gasteiger partial charge in [-0.1, -0.05) is 30.3 Å². The van der Waals surface area contributed by atoms with E-state index in [9.17, 15) is 14.4 Å². The van der Waals surface area contributed by atoms with E-state index in [0.29, 0.717) is 0 Å². The number of hydrogen-bond acceptors (Lipinski definition) is 4. The van der Waals surface area contributed by atoms with E-state index >= 15 is 0 Å². The Balaban J connectivity index is 2.54. The third kappa shape index (κ3) is 6.74. The average Bonchev–Trinajstić information content (AvgIpc) is 2.44. The zero-order valence-corrected chi connectivity index (χ0v) is 12.7. The quantitative estimate of drug-likeness (QED) is 0.688. The lowest BCUT2D eigenvalue weighted by Gasteiger charge is -2.18. The first-order valence-electron chi connectivity index (χ1n) is 6.94. The third-order valence-corrected chi connectivity index (χ3v) is 2.66. The van der Waals surface area contributed by atoms with Crippen molar-refractivity contribution in [2.24, 2.45) is 5.73 Å². The van der Waals surface area contributed by atoms with E-state index in [1.165, 1.54) is 0 Å². The fraction of sp³-hybridized carbons (Fsp3) is 0.400. The second-order valence-electron chi connectivity index (χ2n) is 5.09. The van der Waals surface area contributed by atoms with Gasteiger partial charge in [0.2, 0.25) is 11.8 Å². The molecule has 0 radical (unpaired) electrons. The van der Waals surface area contributed by atoms with Crippen molar-refractivity contribution in [1.82, 2.24) is 10.6 Å². The number of amides is 3. The molecule has 4 N–H and O–H groups in total. The second kappa shape index (κ2) is 8.66. The molecule has 3 amide bonds. The van der Waals surface area contributed by atoms with Crippen LogP contribution in [0.4, 0.5) is 4.79 Å². The van der Waals surface area contributed by atoms with Crippen LogP contribution < -0.4 is 16.4 Å². The highest BCUT2D eigenvalue weighted by molar-refractivity contribution is 5.90. The summed E-state index contributed by atoms with van der Waals surface area (Å²) in [5.41, 5.74) is 5.91. The molecule has 0 saturated carbocycles. The summed E-state index contributed by atoms with van der Waals surface area (Å²) in [6, 6.07) is 7.93. The van der Waals surface area contributed by atoms with Crippen LogP contribution in [-0.4, -0.2) is 30.0 Å². The molecule has 1 atom stereocenters. The molecular formula is C15H21N3O4. The fourth-order valence-corrected chi connectivity index (χ4v) is 1.70.